The lowest BCUT2D eigenvalue weighted by Crippen LogP contribution is -2.51. The summed E-state index contributed by atoms with van der Waals surface area (Å²) in [5.41, 5.74) is 4.55. The third kappa shape index (κ3) is 4.19. The number of rotatable bonds is 4. The van der Waals surface area contributed by atoms with Crippen LogP contribution < -0.4 is 9.80 Å². The van der Waals surface area contributed by atoms with Gasteiger partial charge in [0, 0.05) is 43.9 Å². The minimum atomic E-state index is 0.144. The first kappa shape index (κ1) is 20.0. The number of aromatic nitrogens is 1. The van der Waals surface area contributed by atoms with Crippen molar-refractivity contribution in [1.29, 1.82) is 0 Å². The first-order valence-electron chi connectivity index (χ1n) is 9.78. The van der Waals surface area contributed by atoms with Gasteiger partial charge in [0.2, 0.25) is 5.91 Å². The lowest BCUT2D eigenvalue weighted by molar-refractivity contribution is -0.129. The Labute approximate surface area is 180 Å². The van der Waals surface area contributed by atoms with E-state index in [9.17, 15) is 4.79 Å². The number of fused-ring (bicyclic) bond motifs is 1. The van der Waals surface area contributed by atoms with Crippen LogP contribution in [0.1, 0.15) is 11.1 Å². The van der Waals surface area contributed by atoms with Crippen LogP contribution in [0.2, 0.25) is 5.02 Å². The molecular weight excluding hydrogens is 404 g/mol. The van der Waals surface area contributed by atoms with Crippen LogP contribution in [0.3, 0.4) is 0 Å². The molecule has 0 N–H and O–H groups in total. The highest BCUT2D eigenvalue weighted by molar-refractivity contribution is 7.22. The molecule has 2 heterocycles. The van der Waals surface area contributed by atoms with Crippen molar-refractivity contribution in [3.05, 3.63) is 52.5 Å². The van der Waals surface area contributed by atoms with Gasteiger partial charge >= 0.3 is 0 Å². The van der Waals surface area contributed by atoms with Gasteiger partial charge in [0.05, 0.1) is 16.8 Å². The minimum absolute atomic E-state index is 0.144. The number of aryl methyl sites for hydroxylation is 2. The highest BCUT2D eigenvalue weighted by atomic mass is 35.5. The number of carbonyl (C=O) groups excluding carboxylic acids is 1. The van der Waals surface area contributed by atoms with Crippen LogP contribution in [0.15, 0.2) is 36.4 Å². The van der Waals surface area contributed by atoms with E-state index in [4.69, 9.17) is 16.6 Å². The fourth-order valence-electron chi connectivity index (χ4n) is 3.67. The molecular formula is C22H25ClN4OS. The summed E-state index contributed by atoms with van der Waals surface area (Å²) in [4.78, 5) is 23.8. The topological polar surface area (TPSA) is 39.7 Å². The van der Waals surface area contributed by atoms with E-state index in [0.717, 1.165) is 47.5 Å². The van der Waals surface area contributed by atoms with Gasteiger partial charge in [-0.3, -0.25) is 4.79 Å². The van der Waals surface area contributed by atoms with E-state index in [0.29, 0.717) is 6.54 Å². The van der Waals surface area contributed by atoms with Crippen LogP contribution in [-0.2, 0) is 4.79 Å². The molecule has 1 aliphatic rings. The Morgan fingerprint density at radius 2 is 1.86 bits per heavy atom. The number of nitrogens with zero attached hydrogens (tertiary/aromatic N) is 4. The van der Waals surface area contributed by atoms with E-state index >= 15 is 0 Å². The normalized spacial score (nSPS) is 14.5. The summed E-state index contributed by atoms with van der Waals surface area (Å²) in [6.07, 6.45) is 0. The molecule has 0 atom stereocenters. The van der Waals surface area contributed by atoms with Gasteiger partial charge in [-0.05, 0) is 43.2 Å². The van der Waals surface area contributed by atoms with E-state index in [1.54, 1.807) is 11.3 Å². The van der Waals surface area contributed by atoms with Gasteiger partial charge in [-0.1, -0.05) is 41.1 Å². The van der Waals surface area contributed by atoms with Crippen LogP contribution in [0.4, 0.5) is 10.8 Å². The Morgan fingerprint density at radius 1 is 1.14 bits per heavy atom. The van der Waals surface area contributed by atoms with E-state index in [2.05, 4.69) is 36.9 Å². The largest absolute Gasteiger partial charge is 0.368 e. The van der Waals surface area contributed by atoms with Crippen LogP contribution in [0.25, 0.3) is 10.2 Å². The molecule has 152 valence electrons. The van der Waals surface area contributed by atoms with Crippen LogP contribution >= 0.6 is 22.9 Å². The van der Waals surface area contributed by atoms with Crippen molar-refractivity contribution < 1.29 is 4.79 Å². The van der Waals surface area contributed by atoms with E-state index in [1.807, 2.05) is 35.0 Å². The highest BCUT2D eigenvalue weighted by Gasteiger charge is 2.23. The van der Waals surface area contributed by atoms with Gasteiger partial charge in [-0.2, -0.15) is 0 Å². The number of anilines is 2. The average molecular weight is 429 g/mol. The first-order chi connectivity index (χ1) is 13.9. The zero-order valence-corrected chi connectivity index (χ0v) is 18.6. The SMILES string of the molecule is Cc1ccc(C)c2sc(N(C)CC(=O)N3CCN(c4cccc(Cl)c4)CC3)nc12. The molecule has 1 aromatic heterocycles. The summed E-state index contributed by atoms with van der Waals surface area (Å²) < 4.78 is 1.20. The summed E-state index contributed by atoms with van der Waals surface area (Å²) in [5, 5.41) is 1.63. The molecule has 0 unspecified atom stereocenters. The first-order valence-corrected chi connectivity index (χ1v) is 11.0. The number of amides is 1. The lowest BCUT2D eigenvalue weighted by atomic mass is 10.1. The van der Waals surface area contributed by atoms with E-state index in [1.165, 1.54) is 15.8 Å². The molecule has 0 saturated carbocycles. The van der Waals surface area contributed by atoms with Gasteiger partial charge in [-0.25, -0.2) is 4.98 Å². The molecule has 7 heteroatoms. The van der Waals surface area contributed by atoms with Crippen LogP contribution in [-0.4, -0.2) is 55.6 Å². The number of benzene rings is 2. The predicted molar refractivity (Wildman–Crippen MR) is 123 cm³/mol. The molecule has 0 aliphatic carbocycles. The Balaban J connectivity index is 1.38. The maximum absolute atomic E-state index is 12.8. The Morgan fingerprint density at radius 3 is 2.55 bits per heavy atom. The van der Waals surface area contributed by atoms with E-state index in [-0.39, 0.29) is 5.91 Å². The smallest absolute Gasteiger partial charge is 0.242 e. The summed E-state index contributed by atoms with van der Waals surface area (Å²) in [6, 6.07) is 12.1. The van der Waals surface area contributed by atoms with Gasteiger partial charge < -0.3 is 14.7 Å². The standard InChI is InChI=1S/C22H25ClN4OS/c1-15-7-8-16(2)21-20(15)24-22(29-21)25(3)14-19(28)27-11-9-26(10-12-27)18-6-4-5-17(23)13-18/h4-8,13H,9-12,14H2,1-3H3. The molecule has 0 bridgehead atoms. The quantitative estimate of drug-likeness (QED) is 0.619. The van der Waals surface area contributed by atoms with Crippen molar-refractivity contribution in [2.24, 2.45) is 0 Å². The molecule has 1 amide bonds. The summed E-state index contributed by atoms with van der Waals surface area (Å²) >= 11 is 7.76. The fraction of sp³-hybridized carbons (Fsp3) is 0.364. The minimum Gasteiger partial charge on any atom is -0.368 e. The third-order valence-electron chi connectivity index (χ3n) is 5.44. The zero-order valence-electron chi connectivity index (χ0n) is 17.0. The van der Waals surface area contributed by atoms with Crippen LogP contribution in [0, 0.1) is 13.8 Å². The predicted octanol–water partition coefficient (Wildman–Crippen LogP) is 4.35. The van der Waals surface area contributed by atoms with Gasteiger partial charge in [0.1, 0.15) is 0 Å². The molecule has 0 spiro atoms. The Kier molecular flexibility index (Phi) is 5.65. The average Bonchev–Trinajstić information content (AvgIpc) is 3.18. The Bertz CT molecular complexity index is 1000. The number of thiazole rings is 1. The molecule has 2 aromatic carbocycles. The molecule has 4 rings (SSSR count). The summed E-state index contributed by atoms with van der Waals surface area (Å²) in [5.74, 6) is 0.144. The fourth-order valence-corrected chi connectivity index (χ4v) is 4.93. The van der Waals surface area contributed by atoms with Crippen molar-refractivity contribution in [2.45, 2.75) is 13.8 Å². The number of hydrogen-bond acceptors (Lipinski definition) is 5. The van der Waals surface area contributed by atoms with Crippen molar-refractivity contribution in [1.82, 2.24) is 9.88 Å². The van der Waals surface area contributed by atoms with Crippen molar-refractivity contribution in [3.63, 3.8) is 0 Å². The molecule has 3 aromatic rings. The number of likely N-dealkylation sites (N-methyl/N-ethyl adjacent to an activating group) is 1. The molecule has 1 aliphatic heterocycles. The summed E-state index contributed by atoms with van der Waals surface area (Å²) in [7, 11) is 1.95. The lowest BCUT2D eigenvalue weighted by Gasteiger charge is -2.36. The third-order valence-corrected chi connectivity index (χ3v) is 6.98. The van der Waals surface area contributed by atoms with E-state index < -0.39 is 0 Å². The zero-order chi connectivity index (χ0) is 20.5. The van der Waals surface area contributed by atoms with Gasteiger partial charge in [0.25, 0.3) is 0 Å². The molecule has 0 radical (unpaired) electrons. The number of piperazine rings is 1. The molecule has 1 fully saturated rings. The van der Waals surface area contributed by atoms with Crippen molar-refractivity contribution in [2.75, 3.05) is 49.6 Å². The highest BCUT2D eigenvalue weighted by Crippen LogP contribution is 2.32. The second-order valence-electron chi connectivity index (χ2n) is 7.58. The molecule has 1 saturated heterocycles. The second kappa shape index (κ2) is 8.20. The second-order valence-corrected chi connectivity index (χ2v) is 8.99. The molecule has 5 nitrogen and oxygen atoms in total. The van der Waals surface area contributed by atoms with Crippen LogP contribution in [0.5, 0.6) is 0 Å². The maximum atomic E-state index is 12.8. The number of carbonyl (C=O) groups is 1. The van der Waals surface area contributed by atoms with Gasteiger partial charge in [0.15, 0.2) is 5.13 Å². The Hall–Kier alpha value is -2.31. The summed E-state index contributed by atoms with van der Waals surface area (Å²) in [6.45, 7) is 7.60. The monoisotopic (exact) mass is 428 g/mol. The maximum Gasteiger partial charge on any atom is 0.242 e. The number of hydrogen-bond donors (Lipinski definition) is 0. The number of halogens is 1. The molecule has 29 heavy (non-hydrogen) atoms. The van der Waals surface area contributed by atoms with Crippen molar-refractivity contribution >= 4 is 49.9 Å². The van der Waals surface area contributed by atoms with Gasteiger partial charge in [-0.15, -0.1) is 0 Å². The van der Waals surface area contributed by atoms with Crippen molar-refractivity contribution in [3.8, 4) is 0 Å².